The molecule has 11 rings (SSSR count). The average molecular weight is 1570 g/mol. The topological polar surface area (TPSA) is 373 Å². The van der Waals surface area contributed by atoms with Crippen LogP contribution in [0.4, 0.5) is 19.1 Å². The van der Waals surface area contributed by atoms with Gasteiger partial charge in [-0.1, -0.05) is 49.7 Å². The molecule has 0 aliphatic carbocycles. The van der Waals surface area contributed by atoms with E-state index in [1.165, 1.54) is 59.2 Å². The molecule has 0 spiro atoms. The molecule has 8 heterocycles. The monoisotopic (exact) mass is 1570 g/mol. The molecule has 1 unspecified atom stereocenters. The number of hydrogen-bond acceptors (Lipinski definition) is 22. The van der Waals surface area contributed by atoms with Crippen molar-refractivity contribution in [1.29, 1.82) is 0 Å². The summed E-state index contributed by atoms with van der Waals surface area (Å²) in [6.45, 7) is 16.5. The van der Waals surface area contributed by atoms with Crippen LogP contribution in [0.3, 0.4) is 0 Å². The second kappa shape index (κ2) is 35.1. The normalized spacial score (nSPS) is 16.8. The Bertz CT molecular complexity index is 4760. The van der Waals surface area contributed by atoms with Crippen LogP contribution in [0.2, 0.25) is 25.6 Å². The van der Waals surface area contributed by atoms with Crippen LogP contribution in [-0.4, -0.2) is 174 Å². The van der Waals surface area contributed by atoms with Gasteiger partial charge in [0.25, 0.3) is 0 Å². The van der Waals surface area contributed by atoms with E-state index in [4.69, 9.17) is 71.4 Å². The summed E-state index contributed by atoms with van der Waals surface area (Å²) in [5, 5.41) is 33.5. The van der Waals surface area contributed by atoms with Crippen LogP contribution in [-0.2, 0) is 42.5 Å². The van der Waals surface area contributed by atoms with Crippen molar-refractivity contribution in [2.75, 3.05) is 44.0 Å². The van der Waals surface area contributed by atoms with Gasteiger partial charge in [-0.05, 0) is 121 Å². The Hall–Kier alpha value is -6.53. The number of anilines is 1. The number of aliphatic hydroxyl groups is 3. The number of carbonyl (C=O) groups excluding carboxylic acids is 2. The van der Waals surface area contributed by atoms with Crippen LogP contribution in [0.5, 0.6) is 0 Å². The molecule has 0 bridgehead atoms. The van der Waals surface area contributed by atoms with E-state index in [9.17, 15) is 50.5 Å². The number of aliphatic hydroxyl groups excluding tert-OH is 3. The van der Waals surface area contributed by atoms with E-state index in [2.05, 4.69) is 50.2 Å². The third kappa shape index (κ3) is 19.8. The molecule has 2 aliphatic rings. The number of nitrogens with one attached hydrogen (secondary N) is 1. The van der Waals surface area contributed by atoms with Crippen LogP contribution in [0, 0.1) is 17.5 Å². The maximum absolute atomic E-state index is 15.1. The Morgan fingerprint density at radius 2 is 0.920 bits per heavy atom. The van der Waals surface area contributed by atoms with Crippen LogP contribution in [0.25, 0.3) is 66.9 Å². The molecule has 2 fully saturated rings. The molecule has 100 heavy (non-hydrogen) atoms. The number of fused-ring (bicyclic) bond motifs is 3. The summed E-state index contributed by atoms with van der Waals surface area (Å²) in [7, 11) is -6.57. The summed E-state index contributed by atoms with van der Waals surface area (Å²) in [5.41, 5.74) is 9.60. The molecule has 27 nitrogen and oxygen atoms in total. The van der Waals surface area contributed by atoms with Gasteiger partial charge in [0.05, 0.1) is 98.1 Å². The van der Waals surface area contributed by atoms with Crippen molar-refractivity contribution in [1.82, 2.24) is 67.2 Å². The Balaban J connectivity index is 0.000000247. The zero-order chi connectivity index (χ0) is 72.9. The quantitative estimate of drug-likeness (QED) is 0.0406. The number of aromatic nitrogens is 12. The van der Waals surface area contributed by atoms with E-state index >= 15 is 4.39 Å². The number of carbonyl (C=O) groups is 2. The van der Waals surface area contributed by atoms with Crippen molar-refractivity contribution in [3.8, 4) is 33.8 Å². The molecule has 6 N–H and O–H groups in total. The van der Waals surface area contributed by atoms with Crippen LogP contribution in [0.15, 0.2) is 55.0 Å². The van der Waals surface area contributed by atoms with Gasteiger partial charge >= 0.3 is 22.5 Å². The minimum absolute atomic E-state index is 0. The van der Waals surface area contributed by atoms with Crippen molar-refractivity contribution in [3.05, 3.63) is 116 Å². The maximum atomic E-state index is 15.1. The molecule has 9 aromatic rings. The molecule has 6 aromatic heterocycles. The molecule has 0 radical (unpaired) electrons. The van der Waals surface area contributed by atoms with Crippen molar-refractivity contribution in [2.45, 2.75) is 139 Å². The molecule has 2 saturated heterocycles. The van der Waals surface area contributed by atoms with Gasteiger partial charge in [-0.15, -0.1) is 0 Å². The van der Waals surface area contributed by atoms with Crippen LogP contribution in [0.1, 0.15) is 141 Å². The van der Waals surface area contributed by atoms with E-state index in [0.29, 0.717) is 69.8 Å². The standard InChI is InChI=1S/C22H26ClFN6O4S.C16H15Cl2FN4O.C16H13Cl2FN4O.C6H14N2O3S.2CH4.Mn.2O/c1-11(2)30-17-8-13(7-15(24)20(17)27-21(30)12(3)31)19-14(23)9-25-22(28-19)26-16-5-6-29(10-18(16)32)35(4,33)34;2*1-7(2)23-12-5-9(13-10(17)6-20-16(18)22-13)4-11(19)14(12)21-15(23)8(3)24;1-12(10,11)8-3-2-5(7)6(9)4-8;;;;;/h7-9,11,16,18,32H,5-6,10H2,1-4H3,(H,25,26,28);4-8,24H,1-3H3;4-7H,1-3H3;5-6,9H,2-4,7H2,1H3;2*1H4;;;/t16-,18-;;;5-,6-;;;;;/m1..1...../s1. The zero-order valence-electron chi connectivity index (χ0n) is 54.2. The molecule has 545 valence electrons. The summed E-state index contributed by atoms with van der Waals surface area (Å²) in [6, 6.07) is 7.92. The molecular formula is C62H76Cl5F3MnN16O11S2. The summed E-state index contributed by atoms with van der Waals surface area (Å²) in [5.74, 6) is -1.27. The van der Waals surface area contributed by atoms with Crippen LogP contribution < -0.4 is 11.1 Å². The first-order valence-corrected chi connectivity index (χ1v) is 36.2. The van der Waals surface area contributed by atoms with Gasteiger partial charge < -0.3 is 40.1 Å². The Kier molecular flexibility index (Phi) is 29.5. The first-order chi connectivity index (χ1) is 45.8. The number of nitrogens with zero attached hydrogens (tertiary/aromatic N) is 14. The Morgan fingerprint density at radius 3 is 1.27 bits per heavy atom. The molecule has 38 heteroatoms. The number of sulfonamides is 2. The number of β-amino-alcohol motifs (C(OH)–C–C–N with tert-alkyl or cyclic N) is 2. The number of nitrogens with two attached hydrogens (primary N) is 1. The second-order valence-electron chi connectivity index (χ2n) is 23.5. The third-order valence-corrected chi connectivity index (χ3v) is 18.9. The van der Waals surface area contributed by atoms with E-state index in [1.54, 1.807) is 38.8 Å². The number of rotatable bonds is 13. The summed E-state index contributed by atoms with van der Waals surface area (Å²) < 4.78 is 114. The number of imidazole rings is 3. The van der Waals surface area contributed by atoms with Crippen molar-refractivity contribution >= 4 is 129 Å². The zero-order valence-corrected chi connectivity index (χ0v) is 60.8. The summed E-state index contributed by atoms with van der Waals surface area (Å²) >= 11 is 28.8. The third-order valence-electron chi connectivity index (χ3n) is 15.2. The predicted octanol–water partition coefficient (Wildman–Crippen LogP) is 11.5. The van der Waals surface area contributed by atoms with Crippen molar-refractivity contribution in [3.63, 3.8) is 0 Å². The molecule has 0 saturated carbocycles. The number of benzene rings is 3. The number of hydrogen-bond donors (Lipinski definition) is 5. The van der Waals surface area contributed by atoms with Gasteiger partial charge in [-0.2, -0.15) is 8.61 Å². The van der Waals surface area contributed by atoms with Crippen LogP contribution >= 0.6 is 58.0 Å². The molecule has 0 amide bonds. The number of Topliss-reactive ketones (excluding diaryl/α,β-unsaturated/α-hetero) is 2. The number of ketones is 2. The van der Waals surface area contributed by atoms with Gasteiger partial charge in [-0.25, -0.2) is 74.9 Å². The fourth-order valence-electron chi connectivity index (χ4n) is 10.8. The molecule has 3 aromatic carbocycles. The molecule has 5 atom stereocenters. The second-order valence-corrected chi connectivity index (χ2v) is 29.6. The van der Waals surface area contributed by atoms with Gasteiger partial charge in [0, 0.05) is 80.9 Å². The fraction of sp³-hybridized carbons (Fsp3) is 0.435. The van der Waals surface area contributed by atoms with E-state index in [-0.39, 0.29) is 136 Å². The summed E-state index contributed by atoms with van der Waals surface area (Å²) in [4.78, 5) is 60.9. The van der Waals surface area contributed by atoms with E-state index in [0.717, 1.165) is 12.5 Å². The average Bonchev–Trinajstić information content (AvgIpc) is 1.61. The predicted molar refractivity (Wildman–Crippen MR) is 373 cm³/mol. The van der Waals surface area contributed by atoms with E-state index < -0.39 is 76.7 Å². The summed E-state index contributed by atoms with van der Waals surface area (Å²) in [6.07, 6.45) is 4.68. The first kappa shape index (κ1) is 84.1. The van der Waals surface area contributed by atoms with Crippen molar-refractivity contribution < 1.29 is 77.4 Å². The molecule has 2 aliphatic heterocycles. The number of halogens is 8. The van der Waals surface area contributed by atoms with Gasteiger partial charge in [0.1, 0.15) is 28.5 Å². The first-order valence-electron chi connectivity index (χ1n) is 29.7. The van der Waals surface area contributed by atoms with E-state index in [1.807, 2.05) is 41.5 Å². The fourth-order valence-corrected chi connectivity index (χ4v) is 13.3. The van der Waals surface area contributed by atoms with Gasteiger partial charge in [0.2, 0.25) is 36.6 Å². The molecular weight excluding hydrogens is 1500 g/mol. The van der Waals surface area contributed by atoms with Crippen molar-refractivity contribution in [2.24, 2.45) is 5.73 Å². The van der Waals surface area contributed by atoms with Gasteiger partial charge in [-0.3, -0.25) is 9.59 Å². The Morgan fingerprint density at radius 1 is 0.570 bits per heavy atom. The number of piperidine rings is 2. The Labute approximate surface area is 606 Å². The SMILES string of the molecule is C.C.CC(=O)c1nc2c(F)cc(-c3nc(Cl)ncc3Cl)cc2n1C(C)C.CC(=O)c1nc2c(F)cc(-c3nc(N[C@@H]4CCN(S(C)(=O)=O)C[C@H]4O)ncc3Cl)cc2n1C(C)C.CC(O)c1nc2c(F)cc(-c3nc(Cl)ncc3Cl)cc2n1C(C)C.CS(=O)(=O)N1CC[C@@H](N)[C@H](O)C1.[O]=[Mn]=[O]. The van der Waals surface area contributed by atoms with Gasteiger partial charge in [0.15, 0.2) is 40.7 Å². The minimum atomic E-state index is -3.41.